The molecule has 1 unspecified atom stereocenters. The summed E-state index contributed by atoms with van der Waals surface area (Å²) in [4.78, 5) is 12.0. The molecule has 0 aromatic heterocycles. The molecule has 0 spiro atoms. The lowest BCUT2D eigenvalue weighted by molar-refractivity contribution is -0.122. The Morgan fingerprint density at radius 3 is 2.39 bits per heavy atom. The van der Waals surface area contributed by atoms with Crippen LogP contribution < -0.4 is 11.1 Å². The summed E-state index contributed by atoms with van der Waals surface area (Å²) >= 11 is 0. The van der Waals surface area contributed by atoms with Gasteiger partial charge in [0.25, 0.3) is 0 Å². The standard InChI is InChI=1S/C17H26F2N2O.ClH/c1-12(2)17(14-9-8-13(18)11-15(14)19)21-16(22)7-5-3-4-6-10-20;/h8-9,11-12,17H,3-7,10,20H2,1-2H3,(H,21,22);1H. The Hall–Kier alpha value is -1.20. The Balaban J connectivity index is 0.00000484. The summed E-state index contributed by atoms with van der Waals surface area (Å²) in [6.07, 6.45) is 4.15. The van der Waals surface area contributed by atoms with E-state index in [1.165, 1.54) is 12.1 Å². The summed E-state index contributed by atoms with van der Waals surface area (Å²) in [5, 5.41) is 2.86. The van der Waals surface area contributed by atoms with Crippen molar-refractivity contribution >= 4 is 18.3 Å². The lowest BCUT2D eigenvalue weighted by Crippen LogP contribution is -2.32. The molecule has 3 N–H and O–H groups in total. The van der Waals surface area contributed by atoms with E-state index in [-0.39, 0.29) is 24.2 Å². The fourth-order valence-corrected chi connectivity index (χ4v) is 2.39. The van der Waals surface area contributed by atoms with Gasteiger partial charge in [0.2, 0.25) is 5.91 Å². The van der Waals surface area contributed by atoms with Gasteiger partial charge < -0.3 is 11.1 Å². The SMILES string of the molecule is CC(C)C(NC(=O)CCCCCCN)c1ccc(F)cc1F.Cl. The number of benzene rings is 1. The van der Waals surface area contributed by atoms with Crippen molar-refractivity contribution in [3.63, 3.8) is 0 Å². The van der Waals surface area contributed by atoms with E-state index in [0.717, 1.165) is 31.7 Å². The Labute approximate surface area is 143 Å². The molecule has 1 aromatic carbocycles. The summed E-state index contributed by atoms with van der Waals surface area (Å²) in [6.45, 7) is 4.47. The summed E-state index contributed by atoms with van der Waals surface area (Å²) in [6, 6.07) is 3.02. The second-order valence-corrected chi connectivity index (χ2v) is 5.91. The maximum absolute atomic E-state index is 13.9. The molecule has 6 heteroatoms. The number of nitrogens with two attached hydrogens (primary N) is 1. The summed E-state index contributed by atoms with van der Waals surface area (Å²) in [5.41, 5.74) is 5.74. The van der Waals surface area contributed by atoms with E-state index < -0.39 is 17.7 Å². The van der Waals surface area contributed by atoms with E-state index >= 15 is 0 Å². The molecule has 0 heterocycles. The molecule has 3 nitrogen and oxygen atoms in total. The van der Waals surface area contributed by atoms with Crippen LogP contribution >= 0.6 is 12.4 Å². The minimum absolute atomic E-state index is 0. The molecular formula is C17H27ClF2N2O. The average Bonchev–Trinajstić information content (AvgIpc) is 2.45. The second-order valence-electron chi connectivity index (χ2n) is 5.91. The lowest BCUT2D eigenvalue weighted by Gasteiger charge is -2.23. The predicted octanol–water partition coefficient (Wildman–Crippen LogP) is 4.11. The van der Waals surface area contributed by atoms with Crippen LogP contribution in [0.2, 0.25) is 0 Å². The molecule has 1 amide bonds. The van der Waals surface area contributed by atoms with Gasteiger partial charge in [-0.05, 0) is 31.4 Å². The van der Waals surface area contributed by atoms with Gasteiger partial charge in [-0.2, -0.15) is 0 Å². The van der Waals surface area contributed by atoms with Crippen molar-refractivity contribution in [3.8, 4) is 0 Å². The van der Waals surface area contributed by atoms with Crippen molar-refractivity contribution in [1.29, 1.82) is 0 Å². The quantitative estimate of drug-likeness (QED) is 0.660. The van der Waals surface area contributed by atoms with Gasteiger partial charge in [-0.1, -0.05) is 32.8 Å². The number of nitrogens with one attached hydrogen (secondary N) is 1. The molecule has 1 rings (SSSR count). The molecule has 132 valence electrons. The molecule has 0 aliphatic heterocycles. The molecule has 1 atom stereocenters. The van der Waals surface area contributed by atoms with Crippen molar-refractivity contribution < 1.29 is 13.6 Å². The number of rotatable bonds is 9. The molecule has 0 saturated carbocycles. The van der Waals surface area contributed by atoms with Crippen molar-refractivity contribution in [2.24, 2.45) is 11.7 Å². The first-order valence-electron chi connectivity index (χ1n) is 7.90. The zero-order chi connectivity index (χ0) is 16.5. The van der Waals surface area contributed by atoms with Crippen LogP contribution in [0.15, 0.2) is 18.2 Å². The fraction of sp³-hybridized carbons (Fsp3) is 0.588. The third-order valence-electron chi connectivity index (χ3n) is 3.64. The zero-order valence-electron chi connectivity index (χ0n) is 13.8. The van der Waals surface area contributed by atoms with Crippen molar-refractivity contribution in [2.45, 2.75) is 52.0 Å². The van der Waals surface area contributed by atoms with Crippen molar-refractivity contribution in [1.82, 2.24) is 5.32 Å². The van der Waals surface area contributed by atoms with Crippen LogP contribution in [0.5, 0.6) is 0 Å². The maximum Gasteiger partial charge on any atom is 0.220 e. The van der Waals surface area contributed by atoms with Gasteiger partial charge >= 0.3 is 0 Å². The van der Waals surface area contributed by atoms with Gasteiger partial charge in [0.05, 0.1) is 6.04 Å². The highest BCUT2D eigenvalue weighted by molar-refractivity contribution is 5.85. The third-order valence-corrected chi connectivity index (χ3v) is 3.64. The molecular weight excluding hydrogens is 322 g/mol. The monoisotopic (exact) mass is 348 g/mol. The highest BCUT2D eigenvalue weighted by Gasteiger charge is 2.21. The second kappa shape index (κ2) is 11.4. The summed E-state index contributed by atoms with van der Waals surface area (Å²) in [7, 11) is 0. The van der Waals surface area contributed by atoms with Gasteiger partial charge in [0.1, 0.15) is 11.6 Å². The van der Waals surface area contributed by atoms with Crippen LogP contribution in [0, 0.1) is 17.6 Å². The van der Waals surface area contributed by atoms with E-state index in [0.29, 0.717) is 18.5 Å². The minimum Gasteiger partial charge on any atom is -0.349 e. The third kappa shape index (κ3) is 7.75. The Morgan fingerprint density at radius 2 is 1.83 bits per heavy atom. The normalized spacial score (nSPS) is 11.9. The highest BCUT2D eigenvalue weighted by atomic mass is 35.5. The van der Waals surface area contributed by atoms with Gasteiger partial charge in [0.15, 0.2) is 0 Å². The highest BCUT2D eigenvalue weighted by Crippen LogP contribution is 2.25. The summed E-state index contributed by atoms with van der Waals surface area (Å²) < 4.78 is 26.9. The Kier molecular flexibility index (Phi) is 10.8. The molecule has 0 saturated heterocycles. The minimum atomic E-state index is -0.623. The number of hydrogen-bond donors (Lipinski definition) is 2. The molecule has 23 heavy (non-hydrogen) atoms. The fourth-order valence-electron chi connectivity index (χ4n) is 2.39. The Morgan fingerprint density at radius 1 is 1.17 bits per heavy atom. The van der Waals surface area contributed by atoms with Crippen LogP contribution in [-0.2, 0) is 4.79 Å². The van der Waals surface area contributed by atoms with Crippen LogP contribution in [0.4, 0.5) is 8.78 Å². The molecule has 0 aliphatic carbocycles. The van der Waals surface area contributed by atoms with Gasteiger partial charge in [-0.15, -0.1) is 12.4 Å². The zero-order valence-corrected chi connectivity index (χ0v) is 14.6. The number of carbonyl (C=O) groups is 1. The van der Waals surface area contributed by atoms with Crippen LogP contribution in [0.25, 0.3) is 0 Å². The molecule has 0 bridgehead atoms. The van der Waals surface area contributed by atoms with E-state index in [1.807, 2.05) is 13.8 Å². The largest absolute Gasteiger partial charge is 0.349 e. The van der Waals surface area contributed by atoms with Crippen molar-refractivity contribution in [3.05, 3.63) is 35.4 Å². The lowest BCUT2D eigenvalue weighted by atomic mass is 9.95. The van der Waals surface area contributed by atoms with E-state index in [4.69, 9.17) is 5.73 Å². The smallest absolute Gasteiger partial charge is 0.220 e. The topological polar surface area (TPSA) is 55.1 Å². The molecule has 0 radical (unpaired) electrons. The Bertz CT molecular complexity index is 484. The van der Waals surface area contributed by atoms with Crippen LogP contribution in [0.3, 0.4) is 0 Å². The number of unbranched alkanes of at least 4 members (excludes halogenated alkanes) is 3. The van der Waals surface area contributed by atoms with Gasteiger partial charge in [0, 0.05) is 18.1 Å². The number of hydrogen-bond acceptors (Lipinski definition) is 2. The first-order chi connectivity index (χ1) is 10.5. The van der Waals surface area contributed by atoms with Crippen LogP contribution in [0.1, 0.15) is 57.6 Å². The molecule has 0 aliphatic rings. The van der Waals surface area contributed by atoms with Crippen LogP contribution in [-0.4, -0.2) is 12.5 Å². The summed E-state index contributed by atoms with van der Waals surface area (Å²) in [5.74, 6) is -1.33. The van der Waals surface area contributed by atoms with E-state index in [1.54, 1.807) is 0 Å². The number of carbonyl (C=O) groups excluding carboxylic acids is 1. The van der Waals surface area contributed by atoms with E-state index in [2.05, 4.69) is 5.32 Å². The number of halogens is 3. The van der Waals surface area contributed by atoms with E-state index in [9.17, 15) is 13.6 Å². The first kappa shape index (κ1) is 21.8. The van der Waals surface area contributed by atoms with Gasteiger partial charge in [-0.25, -0.2) is 8.78 Å². The predicted molar refractivity (Wildman–Crippen MR) is 91.5 cm³/mol. The van der Waals surface area contributed by atoms with Gasteiger partial charge in [-0.3, -0.25) is 4.79 Å². The first-order valence-corrected chi connectivity index (χ1v) is 7.90. The number of amides is 1. The molecule has 0 fully saturated rings. The average molecular weight is 349 g/mol. The van der Waals surface area contributed by atoms with Crippen molar-refractivity contribution in [2.75, 3.05) is 6.54 Å². The maximum atomic E-state index is 13.9. The molecule has 1 aromatic rings.